The van der Waals surface area contributed by atoms with E-state index in [2.05, 4.69) is 0 Å². The molecule has 96 valence electrons. The van der Waals surface area contributed by atoms with Gasteiger partial charge in [0.25, 0.3) is 0 Å². The van der Waals surface area contributed by atoms with Crippen LogP contribution < -0.4 is 0 Å². The average Bonchev–Trinajstić information content (AvgIpc) is 2.46. The van der Waals surface area contributed by atoms with Crippen molar-refractivity contribution in [2.45, 2.75) is 25.5 Å². The van der Waals surface area contributed by atoms with Crippen LogP contribution in [0.2, 0.25) is 0 Å². The summed E-state index contributed by atoms with van der Waals surface area (Å²) >= 11 is 1.11. The first kappa shape index (κ1) is 14.1. The second kappa shape index (κ2) is 5.55. The van der Waals surface area contributed by atoms with Gasteiger partial charge in [0.15, 0.2) is 6.79 Å². The summed E-state index contributed by atoms with van der Waals surface area (Å²) in [5, 5.41) is -0.0641. The van der Waals surface area contributed by atoms with Gasteiger partial charge in [-0.3, -0.25) is 9.59 Å². The summed E-state index contributed by atoms with van der Waals surface area (Å²) in [5.74, 6) is 0.144. The molecule has 0 fully saturated rings. The highest BCUT2D eigenvalue weighted by Crippen LogP contribution is 2.44. The molecule has 1 aliphatic rings. The van der Waals surface area contributed by atoms with Crippen molar-refractivity contribution in [1.82, 2.24) is 0 Å². The standard InChI is InChI=1S/C11H16O5S/c1-7-9(16-6-14-4)11(3,17-10(7)13)5-15-8(2)12/h5-6H2,1-4H3. The summed E-state index contributed by atoms with van der Waals surface area (Å²) in [6.45, 7) is 5.00. The third-order valence-corrected chi connectivity index (χ3v) is 3.56. The second-order valence-corrected chi connectivity index (χ2v) is 5.38. The van der Waals surface area contributed by atoms with Gasteiger partial charge in [-0.2, -0.15) is 0 Å². The Balaban J connectivity index is 2.83. The molecule has 0 amide bonds. The van der Waals surface area contributed by atoms with E-state index in [1.54, 1.807) is 13.8 Å². The zero-order valence-electron chi connectivity index (χ0n) is 10.4. The molecule has 0 aromatic rings. The molecule has 1 aliphatic heterocycles. The van der Waals surface area contributed by atoms with Gasteiger partial charge in [0, 0.05) is 19.6 Å². The molecule has 0 bridgehead atoms. The van der Waals surface area contributed by atoms with Crippen molar-refractivity contribution >= 4 is 22.8 Å². The van der Waals surface area contributed by atoms with Gasteiger partial charge in [-0.1, -0.05) is 11.8 Å². The first-order chi connectivity index (χ1) is 7.90. The monoisotopic (exact) mass is 260 g/mol. The molecule has 1 atom stereocenters. The van der Waals surface area contributed by atoms with Crippen LogP contribution in [0.15, 0.2) is 11.3 Å². The third kappa shape index (κ3) is 3.23. The first-order valence-electron chi connectivity index (χ1n) is 5.10. The molecule has 0 N–H and O–H groups in total. The molecule has 0 saturated heterocycles. The number of esters is 1. The number of carbonyl (C=O) groups is 2. The van der Waals surface area contributed by atoms with Crippen molar-refractivity contribution in [3.63, 3.8) is 0 Å². The van der Waals surface area contributed by atoms with Crippen molar-refractivity contribution in [3.8, 4) is 0 Å². The Morgan fingerprint density at radius 2 is 2.12 bits per heavy atom. The molecular formula is C11H16O5S. The SMILES string of the molecule is COCOC1=C(C)C(=O)SC1(C)COC(C)=O. The lowest BCUT2D eigenvalue weighted by Crippen LogP contribution is -2.30. The van der Waals surface area contributed by atoms with Crippen LogP contribution >= 0.6 is 11.8 Å². The van der Waals surface area contributed by atoms with E-state index in [-0.39, 0.29) is 24.5 Å². The van der Waals surface area contributed by atoms with Gasteiger partial charge in [-0.05, 0) is 13.8 Å². The zero-order valence-corrected chi connectivity index (χ0v) is 11.2. The van der Waals surface area contributed by atoms with E-state index >= 15 is 0 Å². The molecule has 1 unspecified atom stereocenters. The summed E-state index contributed by atoms with van der Waals surface area (Å²) in [6.07, 6.45) is 0. The predicted molar refractivity (Wildman–Crippen MR) is 63.3 cm³/mol. The predicted octanol–water partition coefficient (Wildman–Crippen LogP) is 1.48. The van der Waals surface area contributed by atoms with Crippen molar-refractivity contribution < 1.29 is 23.8 Å². The minimum atomic E-state index is -0.661. The average molecular weight is 260 g/mol. The molecule has 0 spiro atoms. The molecule has 0 aliphatic carbocycles. The van der Waals surface area contributed by atoms with Crippen LogP contribution in [0, 0.1) is 0 Å². The van der Waals surface area contributed by atoms with E-state index < -0.39 is 4.75 Å². The van der Waals surface area contributed by atoms with E-state index in [4.69, 9.17) is 14.2 Å². The highest BCUT2D eigenvalue weighted by Gasteiger charge is 2.44. The Kier molecular flexibility index (Phi) is 4.59. The van der Waals surface area contributed by atoms with Crippen LogP contribution in [0.25, 0.3) is 0 Å². The van der Waals surface area contributed by atoms with Crippen molar-refractivity contribution in [3.05, 3.63) is 11.3 Å². The van der Waals surface area contributed by atoms with Gasteiger partial charge >= 0.3 is 5.97 Å². The van der Waals surface area contributed by atoms with Gasteiger partial charge in [0.05, 0.1) is 0 Å². The Bertz CT molecular complexity index is 363. The molecule has 5 nitrogen and oxygen atoms in total. The summed E-state index contributed by atoms with van der Waals surface area (Å²) in [6, 6.07) is 0. The fourth-order valence-electron chi connectivity index (χ4n) is 1.53. The summed E-state index contributed by atoms with van der Waals surface area (Å²) in [7, 11) is 1.50. The number of methoxy groups -OCH3 is 1. The van der Waals surface area contributed by atoms with Gasteiger partial charge in [0.2, 0.25) is 5.12 Å². The molecule has 0 radical (unpaired) electrons. The topological polar surface area (TPSA) is 61.8 Å². The van der Waals surface area contributed by atoms with E-state index in [1.165, 1.54) is 14.0 Å². The highest BCUT2D eigenvalue weighted by molar-refractivity contribution is 8.15. The first-order valence-corrected chi connectivity index (χ1v) is 5.92. The van der Waals surface area contributed by atoms with Crippen molar-refractivity contribution in [1.29, 1.82) is 0 Å². The lowest BCUT2D eigenvalue weighted by atomic mass is 10.1. The lowest BCUT2D eigenvalue weighted by Gasteiger charge is -2.25. The minimum Gasteiger partial charge on any atom is -0.470 e. The molecular weight excluding hydrogens is 244 g/mol. The summed E-state index contributed by atoms with van der Waals surface area (Å²) in [5.41, 5.74) is 0.543. The smallest absolute Gasteiger partial charge is 0.302 e. The fourth-order valence-corrected chi connectivity index (χ4v) is 2.61. The van der Waals surface area contributed by atoms with Crippen LogP contribution in [-0.4, -0.2) is 36.3 Å². The maximum absolute atomic E-state index is 11.7. The normalized spacial score (nSPS) is 24.1. The van der Waals surface area contributed by atoms with Crippen LogP contribution in [0.3, 0.4) is 0 Å². The number of hydrogen-bond donors (Lipinski definition) is 0. The minimum absolute atomic E-state index is 0.0641. The fraction of sp³-hybridized carbons (Fsp3) is 0.636. The van der Waals surface area contributed by atoms with Crippen LogP contribution in [0.1, 0.15) is 20.8 Å². The molecule has 1 rings (SSSR count). The largest absolute Gasteiger partial charge is 0.470 e. The Labute approximate surface area is 104 Å². The van der Waals surface area contributed by atoms with Crippen LogP contribution in [-0.2, 0) is 23.8 Å². The zero-order chi connectivity index (χ0) is 13.1. The Morgan fingerprint density at radius 1 is 1.47 bits per heavy atom. The van der Waals surface area contributed by atoms with Crippen LogP contribution in [0.4, 0.5) is 0 Å². The van der Waals surface area contributed by atoms with Gasteiger partial charge < -0.3 is 14.2 Å². The van der Waals surface area contributed by atoms with E-state index in [9.17, 15) is 9.59 Å². The molecule has 1 heterocycles. The highest BCUT2D eigenvalue weighted by atomic mass is 32.2. The number of hydrogen-bond acceptors (Lipinski definition) is 6. The lowest BCUT2D eigenvalue weighted by molar-refractivity contribution is -0.141. The van der Waals surface area contributed by atoms with Gasteiger partial charge in [-0.15, -0.1) is 0 Å². The molecule has 0 aromatic carbocycles. The Morgan fingerprint density at radius 3 is 2.65 bits per heavy atom. The summed E-state index contributed by atoms with van der Waals surface area (Å²) < 4.78 is 14.5. The van der Waals surface area contributed by atoms with Crippen molar-refractivity contribution in [2.24, 2.45) is 0 Å². The Hall–Kier alpha value is -1.01. The number of thioether (sulfide) groups is 1. The van der Waals surface area contributed by atoms with Gasteiger partial charge in [0.1, 0.15) is 17.1 Å². The molecule has 6 heteroatoms. The maximum Gasteiger partial charge on any atom is 0.302 e. The molecule has 0 saturated carbocycles. The number of rotatable bonds is 5. The third-order valence-electron chi connectivity index (χ3n) is 2.32. The van der Waals surface area contributed by atoms with Gasteiger partial charge in [-0.25, -0.2) is 0 Å². The van der Waals surface area contributed by atoms with Crippen molar-refractivity contribution in [2.75, 3.05) is 20.5 Å². The number of ether oxygens (including phenoxy) is 3. The summed E-state index contributed by atoms with van der Waals surface area (Å²) in [4.78, 5) is 22.5. The van der Waals surface area contributed by atoms with E-state index in [0.29, 0.717) is 11.3 Å². The van der Waals surface area contributed by atoms with E-state index in [1.807, 2.05) is 0 Å². The second-order valence-electron chi connectivity index (χ2n) is 3.91. The van der Waals surface area contributed by atoms with Crippen LogP contribution in [0.5, 0.6) is 0 Å². The number of carbonyl (C=O) groups excluding carboxylic acids is 2. The molecule has 0 aromatic heterocycles. The quantitative estimate of drug-likeness (QED) is 0.551. The molecule has 17 heavy (non-hydrogen) atoms. The maximum atomic E-state index is 11.7. The van der Waals surface area contributed by atoms with E-state index in [0.717, 1.165) is 11.8 Å².